The molecule has 0 aliphatic rings. The minimum atomic E-state index is -0.250. The summed E-state index contributed by atoms with van der Waals surface area (Å²) in [5.74, 6) is -0.250. The molecule has 0 unspecified atom stereocenters. The van der Waals surface area contributed by atoms with Gasteiger partial charge in [0.25, 0.3) is 5.91 Å². The molecule has 17 heavy (non-hydrogen) atoms. The Kier molecular flexibility index (Phi) is 3.14. The summed E-state index contributed by atoms with van der Waals surface area (Å²) < 4.78 is 0. The lowest BCUT2D eigenvalue weighted by molar-refractivity contribution is 0.0947. The van der Waals surface area contributed by atoms with Crippen LogP contribution in [0.2, 0.25) is 0 Å². The minimum absolute atomic E-state index is 0.250. The molecule has 2 aromatic rings. The summed E-state index contributed by atoms with van der Waals surface area (Å²) in [5.41, 5.74) is 8.29. The number of nitrogens with two attached hydrogens (primary N) is 1. The number of thiophene rings is 1. The Morgan fingerprint density at radius 3 is 2.88 bits per heavy atom. The molecule has 2 rings (SSSR count). The van der Waals surface area contributed by atoms with E-state index in [-0.39, 0.29) is 11.6 Å². The van der Waals surface area contributed by atoms with Crippen molar-refractivity contribution in [3.8, 4) is 0 Å². The predicted octanol–water partition coefficient (Wildman–Crippen LogP) is 1.60. The molecule has 0 radical (unpaired) electrons. The van der Waals surface area contributed by atoms with Gasteiger partial charge in [-0.3, -0.25) is 9.89 Å². The number of hydrogen-bond donors (Lipinski definition) is 3. The Balaban J connectivity index is 2.03. The molecule has 0 aliphatic carbocycles. The number of aryl methyl sites for hydroxylation is 2. The number of rotatable bonds is 3. The van der Waals surface area contributed by atoms with Gasteiger partial charge in [0.2, 0.25) is 0 Å². The first kappa shape index (κ1) is 11.7. The number of H-pyrrole nitrogens is 1. The van der Waals surface area contributed by atoms with Gasteiger partial charge in [0.15, 0.2) is 5.69 Å². The molecular formula is C11H14N4OS. The monoisotopic (exact) mass is 250 g/mol. The van der Waals surface area contributed by atoms with Gasteiger partial charge >= 0.3 is 0 Å². The molecule has 0 spiro atoms. The summed E-state index contributed by atoms with van der Waals surface area (Å²) in [7, 11) is 0. The van der Waals surface area contributed by atoms with Crippen molar-refractivity contribution in [1.29, 1.82) is 0 Å². The van der Waals surface area contributed by atoms with E-state index in [1.165, 1.54) is 5.56 Å². The molecule has 0 atom stereocenters. The molecule has 0 saturated carbocycles. The Hall–Kier alpha value is -1.82. The molecule has 0 saturated heterocycles. The maximum absolute atomic E-state index is 11.8. The highest BCUT2D eigenvalue weighted by molar-refractivity contribution is 7.10. The zero-order valence-electron chi connectivity index (χ0n) is 9.70. The first-order chi connectivity index (χ1) is 8.09. The zero-order chi connectivity index (χ0) is 12.4. The lowest BCUT2D eigenvalue weighted by atomic mass is 10.2. The third kappa shape index (κ3) is 2.31. The van der Waals surface area contributed by atoms with E-state index in [0.717, 1.165) is 4.88 Å². The SMILES string of the molecule is Cc1ccsc1CNC(=O)c1n[nH]c(C)c1N. The molecule has 2 heterocycles. The average Bonchev–Trinajstić information content (AvgIpc) is 2.84. The van der Waals surface area contributed by atoms with Crippen molar-refractivity contribution in [3.63, 3.8) is 0 Å². The molecule has 90 valence electrons. The number of aromatic nitrogens is 2. The highest BCUT2D eigenvalue weighted by Crippen LogP contribution is 2.16. The second-order valence-electron chi connectivity index (χ2n) is 3.82. The van der Waals surface area contributed by atoms with Gasteiger partial charge in [-0.15, -0.1) is 11.3 Å². The summed E-state index contributed by atoms with van der Waals surface area (Å²) in [6.45, 7) is 4.31. The molecule has 2 aromatic heterocycles. The smallest absolute Gasteiger partial charge is 0.274 e. The molecule has 0 aliphatic heterocycles. The fraction of sp³-hybridized carbons (Fsp3) is 0.273. The van der Waals surface area contributed by atoms with Crippen molar-refractivity contribution in [2.45, 2.75) is 20.4 Å². The maximum atomic E-state index is 11.8. The van der Waals surface area contributed by atoms with E-state index in [1.54, 1.807) is 18.3 Å². The number of amides is 1. The molecule has 1 amide bonds. The largest absolute Gasteiger partial charge is 0.395 e. The van der Waals surface area contributed by atoms with E-state index in [2.05, 4.69) is 15.5 Å². The number of nitrogens with zero attached hydrogens (tertiary/aromatic N) is 1. The fourth-order valence-electron chi connectivity index (χ4n) is 1.44. The van der Waals surface area contributed by atoms with Crippen molar-refractivity contribution in [2.24, 2.45) is 0 Å². The van der Waals surface area contributed by atoms with Crippen LogP contribution in [-0.2, 0) is 6.54 Å². The standard InChI is InChI=1S/C11H14N4OS/c1-6-3-4-17-8(6)5-13-11(16)10-9(12)7(2)14-15-10/h3-4H,5,12H2,1-2H3,(H,13,16)(H,14,15). The van der Waals surface area contributed by atoms with Crippen LogP contribution in [0.4, 0.5) is 5.69 Å². The average molecular weight is 250 g/mol. The quantitative estimate of drug-likeness (QED) is 0.773. The summed E-state index contributed by atoms with van der Waals surface area (Å²) >= 11 is 1.62. The highest BCUT2D eigenvalue weighted by Gasteiger charge is 2.15. The van der Waals surface area contributed by atoms with Crippen LogP contribution in [0.25, 0.3) is 0 Å². The number of nitrogens with one attached hydrogen (secondary N) is 2. The lowest BCUT2D eigenvalue weighted by Crippen LogP contribution is -2.24. The van der Waals surface area contributed by atoms with E-state index < -0.39 is 0 Å². The lowest BCUT2D eigenvalue weighted by Gasteiger charge is -2.03. The number of aromatic amines is 1. The van der Waals surface area contributed by atoms with Gasteiger partial charge in [-0.1, -0.05) is 0 Å². The fourth-order valence-corrected chi connectivity index (χ4v) is 2.29. The number of carbonyl (C=O) groups is 1. The normalized spacial score (nSPS) is 10.5. The van der Waals surface area contributed by atoms with Crippen molar-refractivity contribution in [2.75, 3.05) is 5.73 Å². The van der Waals surface area contributed by atoms with Gasteiger partial charge in [0, 0.05) is 4.88 Å². The first-order valence-corrected chi connectivity index (χ1v) is 6.09. The molecule has 0 bridgehead atoms. The van der Waals surface area contributed by atoms with Crippen molar-refractivity contribution in [3.05, 3.63) is 33.3 Å². The Morgan fingerprint density at radius 1 is 1.59 bits per heavy atom. The van der Waals surface area contributed by atoms with Crippen LogP contribution >= 0.6 is 11.3 Å². The van der Waals surface area contributed by atoms with Gasteiger partial charge in [-0.2, -0.15) is 5.10 Å². The van der Waals surface area contributed by atoms with E-state index in [4.69, 9.17) is 5.73 Å². The third-order valence-electron chi connectivity index (χ3n) is 2.59. The zero-order valence-corrected chi connectivity index (χ0v) is 10.5. The van der Waals surface area contributed by atoms with Crippen LogP contribution in [0.3, 0.4) is 0 Å². The van der Waals surface area contributed by atoms with Gasteiger partial charge in [0.1, 0.15) is 0 Å². The topological polar surface area (TPSA) is 83.8 Å². The molecule has 0 aromatic carbocycles. The van der Waals surface area contributed by atoms with Crippen LogP contribution in [0.15, 0.2) is 11.4 Å². The Labute approximate surface area is 103 Å². The van der Waals surface area contributed by atoms with Gasteiger partial charge in [0.05, 0.1) is 17.9 Å². The number of hydrogen-bond acceptors (Lipinski definition) is 4. The number of carbonyl (C=O) groups excluding carboxylic acids is 1. The molecular weight excluding hydrogens is 236 g/mol. The Morgan fingerprint density at radius 2 is 2.35 bits per heavy atom. The summed E-state index contributed by atoms with van der Waals surface area (Å²) in [6.07, 6.45) is 0. The van der Waals surface area contributed by atoms with Crippen molar-refractivity contribution in [1.82, 2.24) is 15.5 Å². The first-order valence-electron chi connectivity index (χ1n) is 5.21. The second kappa shape index (κ2) is 4.58. The van der Waals surface area contributed by atoms with E-state index >= 15 is 0 Å². The van der Waals surface area contributed by atoms with E-state index in [0.29, 0.717) is 17.9 Å². The van der Waals surface area contributed by atoms with Crippen LogP contribution in [0.1, 0.15) is 26.6 Å². The van der Waals surface area contributed by atoms with Crippen LogP contribution < -0.4 is 11.1 Å². The van der Waals surface area contributed by atoms with Crippen LogP contribution in [0.5, 0.6) is 0 Å². The molecule has 0 fully saturated rings. The van der Waals surface area contributed by atoms with Gasteiger partial charge < -0.3 is 11.1 Å². The Bertz CT molecular complexity index is 543. The van der Waals surface area contributed by atoms with Crippen molar-refractivity contribution >= 4 is 22.9 Å². The summed E-state index contributed by atoms with van der Waals surface area (Å²) in [4.78, 5) is 13.0. The highest BCUT2D eigenvalue weighted by atomic mass is 32.1. The molecule has 5 nitrogen and oxygen atoms in total. The predicted molar refractivity (Wildman–Crippen MR) is 68.0 cm³/mol. The maximum Gasteiger partial charge on any atom is 0.274 e. The molecule has 4 N–H and O–H groups in total. The van der Waals surface area contributed by atoms with Crippen molar-refractivity contribution < 1.29 is 4.79 Å². The van der Waals surface area contributed by atoms with Crippen LogP contribution in [-0.4, -0.2) is 16.1 Å². The van der Waals surface area contributed by atoms with E-state index in [1.807, 2.05) is 18.4 Å². The third-order valence-corrected chi connectivity index (χ3v) is 3.61. The van der Waals surface area contributed by atoms with E-state index in [9.17, 15) is 4.79 Å². The minimum Gasteiger partial charge on any atom is -0.395 e. The van der Waals surface area contributed by atoms with Gasteiger partial charge in [-0.25, -0.2) is 0 Å². The van der Waals surface area contributed by atoms with Crippen LogP contribution in [0, 0.1) is 13.8 Å². The number of anilines is 1. The summed E-state index contributed by atoms with van der Waals surface area (Å²) in [6, 6.07) is 2.03. The second-order valence-corrected chi connectivity index (χ2v) is 4.82. The summed E-state index contributed by atoms with van der Waals surface area (Å²) in [5, 5.41) is 11.4. The molecule has 6 heteroatoms. The number of nitrogen functional groups attached to an aromatic ring is 1. The van der Waals surface area contributed by atoms with Gasteiger partial charge in [-0.05, 0) is 30.9 Å².